The summed E-state index contributed by atoms with van der Waals surface area (Å²) in [6.07, 6.45) is 2.57. The number of benzene rings is 1. The van der Waals surface area contributed by atoms with Gasteiger partial charge in [0.15, 0.2) is 15.7 Å². The smallest absolute Gasteiger partial charge is 0.223 e. The fraction of sp³-hybridized carbons (Fsp3) is 0.500. The van der Waals surface area contributed by atoms with Crippen molar-refractivity contribution in [2.24, 2.45) is 5.92 Å². The molecule has 1 aromatic heterocycles. The molecular formula is C18H23N3O4S. The second-order valence-electron chi connectivity index (χ2n) is 6.64. The molecular weight excluding hydrogens is 354 g/mol. The Morgan fingerprint density at radius 3 is 2.77 bits per heavy atom. The molecule has 1 unspecified atom stereocenters. The van der Waals surface area contributed by atoms with Gasteiger partial charge in [0.1, 0.15) is 0 Å². The second kappa shape index (κ2) is 7.99. The Labute approximate surface area is 153 Å². The number of likely N-dealkylation sites (tertiary alicyclic amines) is 1. The molecule has 0 aliphatic carbocycles. The standard InChI is InChI=1S/C18H23N3O4S/c1-14-19-17(20-25-14)8-7-15-9-11-21(13-15)18(22)10-12-26(23,24)16-5-3-2-4-6-16/h2-6,15H,7-13H2,1H3. The Kier molecular flexibility index (Phi) is 5.70. The van der Waals surface area contributed by atoms with E-state index in [2.05, 4.69) is 10.1 Å². The summed E-state index contributed by atoms with van der Waals surface area (Å²) in [7, 11) is -3.42. The lowest BCUT2D eigenvalue weighted by atomic mass is 10.0. The van der Waals surface area contributed by atoms with Gasteiger partial charge in [-0.25, -0.2) is 8.42 Å². The van der Waals surface area contributed by atoms with Crippen LogP contribution in [0.3, 0.4) is 0 Å². The number of aromatic nitrogens is 2. The summed E-state index contributed by atoms with van der Waals surface area (Å²) in [6.45, 7) is 3.11. The summed E-state index contributed by atoms with van der Waals surface area (Å²) in [4.78, 5) is 18.6. The molecule has 1 aliphatic rings. The van der Waals surface area contributed by atoms with Gasteiger partial charge in [-0.1, -0.05) is 23.4 Å². The minimum atomic E-state index is -3.42. The first kappa shape index (κ1) is 18.6. The lowest BCUT2D eigenvalue weighted by Gasteiger charge is -2.16. The Bertz CT molecular complexity index is 848. The van der Waals surface area contributed by atoms with Gasteiger partial charge in [0.05, 0.1) is 10.6 Å². The second-order valence-corrected chi connectivity index (χ2v) is 8.75. The van der Waals surface area contributed by atoms with Crippen LogP contribution in [0.1, 0.15) is 31.0 Å². The zero-order valence-corrected chi connectivity index (χ0v) is 15.6. The van der Waals surface area contributed by atoms with Crippen LogP contribution in [0.5, 0.6) is 0 Å². The number of sulfone groups is 1. The van der Waals surface area contributed by atoms with Crippen molar-refractivity contribution >= 4 is 15.7 Å². The van der Waals surface area contributed by atoms with Crippen LogP contribution in [0.4, 0.5) is 0 Å². The number of rotatable bonds is 7. The van der Waals surface area contributed by atoms with Gasteiger partial charge < -0.3 is 9.42 Å². The van der Waals surface area contributed by atoms with Crippen molar-refractivity contribution < 1.29 is 17.7 Å². The number of carbonyl (C=O) groups is 1. The summed E-state index contributed by atoms with van der Waals surface area (Å²) in [5.74, 6) is 1.40. The fourth-order valence-electron chi connectivity index (χ4n) is 3.20. The molecule has 1 amide bonds. The highest BCUT2D eigenvalue weighted by atomic mass is 32.2. The number of aryl methyl sites for hydroxylation is 2. The van der Waals surface area contributed by atoms with Gasteiger partial charge in [0.25, 0.3) is 0 Å². The lowest BCUT2D eigenvalue weighted by molar-refractivity contribution is -0.129. The monoisotopic (exact) mass is 377 g/mol. The van der Waals surface area contributed by atoms with Gasteiger partial charge in [0.2, 0.25) is 11.8 Å². The Hall–Kier alpha value is -2.22. The van der Waals surface area contributed by atoms with E-state index < -0.39 is 9.84 Å². The SMILES string of the molecule is Cc1nc(CCC2CCN(C(=O)CCS(=O)(=O)c3ccccc3)C2)no1. The molecule has 0 bridgehead atoms. The highest BCUT2D eigenvalue weighted by Crippen LogP contribution is 2.22. The predicted octanol–water partition coefficient (Wildman–Crippen LogP) is 2.02. The van der Waals surface area contributed by atoms with Crippen molar-refractivity contribution in [2.75, 3.05) is 18.8 Å². The summed E-state index contributed by atoms with van der Waals surface area (Å²) in [6, 6.07) is 8.26. The molecule has 8 heteroatoms. The maximum Gasteiger partial charge on any atom is 0.223 e. The third-order valence-corrected chi connectivity index (χ3v) is 6.40. The molecule has 1 aromatic carbocycles. The van der Waals surface area contributed by atoms with Crippen LogP contribution in [-0.2, 0) is 21.1 Å². The lowest BCUT2D eigenvalue weighted by Crippen LogP contribution is -2.30. The van der Waals surface area contributed by atoms with Crippen LogP contribution in [0, 0.1) is 12.8 Å². The van der Waals surface area contributed by atoms with E-state index in [4.69, 9.17) is 4.52 Å². The number of carbonyl (C=O) groups excluding carboxylic acids is 1. The molecule has 1 atom stereocenters. The van der Waals surface area contributed by atoms with Crippen molar-refractivity contribution in [3.63, 3.8) is 0 Å². The molecule has 140 valence electrons. The fourth-order valence-corrected chi connectivity index (χ4v) is 4.45. The summed E-state index contributed by atoms with van der Waals surface area (Å²) in [5.41, 5.74) is 0. The van der Waals surface area contributed by atoms with E-state index in [1.807, 2.05) is 0 Å². The molecule has 0 saturated carbocycles. The van der Waals surface area contributed by atoms with Gasteiger partial charge in [-0.3, -0.25) is 4.79 Å². The number of hydrogen-bond acceptors (Lipinski definition) is 6. The molecule has 26 heavy (non-hydrogen) atoms. The van der Waals surface area contributed by atoms with Crippen LogP contribution in [-0.4, -0.2) is 48.2 Å². The molecule has 0 radical (unpaired) electrons. The van der Waals surface area contributed by atoms with Gasteiger partial charge in [0, 0.05) is 32.9 Å². The van der Waals surface area contributed by atoms with E-state index in [-0.39, 0.29) is 23.0 Å². The first-order valence-electron chi connectivity index (χ1n) is 8.79. The van der Waals surface area contributed by atoms with Crippen LogP contribution < -0.4 is 0 Å². The van der Waals surface area contributed by atoms with Gasteiger partial charge in [-0.15, -0.1) is 0 Å². The number of nitrogens with zero attached hydrogens (tertiary/aromatic N) is 3. The average molecular weight is 377 g/mol. The van der Waals surface area contributed by atoms with Gasteiger partial charge in [-0.05, 0) is 30.9 Å². The molecule has 3 rings (SSSR count). The van der Waals surface area contributed by atoms with Crippen molar-refractivity contribution in [1.29, 1.82) is 0 Å². The zero-order chi connectivity index (χ0) is 18.6. The zero-order valence-electron chi connectivity index (χ0n) is 14.8. The van der Waals surface area contributed by atoms with Gasteiger partial charge >= 0.3 is 0 Å². The molecule has 0 spiro atoms. The predicted molar refractivity (Wildman–Crippen MR) is 95.2 cm³/mol. The van der Waals surface area contributed by atoms with Crippen molar-refractivity contribution in [3.05, 3.63) is 42.0 Å². The molecule has 1 saturated heterocycles. The third kappa shape index (κ3) is 4.69. The summed E-state index contributed by atoms with van der Waals surface area (Å²) < 4.78 is 29.5. The highest BCUT2D eigenvalue weighted by molar-refractivity contribution is 7.91. The third-order valence-electron chi connectivity index (χ3n) is 4.67. The molecule has 2 aromatic rings. The van der Waals surface area contributed by atoms with Crippen LogP contribution in [0.15, 0.2) is 39.8 Å². The highest BCUT2D eigenvalue weighted by Gasteiger charge is 2.27. The van der Waals surface area contributed by atoms with E-state index >= 15 is 0 Å². The minimum Gasteiger partial charge on any atom is -0.342 e. The maximum atomic E-state index is 12.4. The van der Waals surface area contributed by atoms with Crippen molar-refractivity contribution in [1.82, 2.24) is 15.0 Å². The van der Waals surface area contributed by atoms with E-state index in [1.165, 1.54) is 0 Å². The van der Waals surface area contributed by atoms with Crippen molar-refractivity contribution in [2.45, 2.75) is 37.5 Å². The average Bonchev–Trinajstić information content (AvgIpc) is 3.28. The quantitative estimate of drug-likeness (QED) is 0.733. The minimum absolute atomic E-state index is 0.0218. The number of amides is 1. The topological polar surface area (TPSA) is 93.4 Å². The molecule has 1 fully saturated rings. The van der Waals surface area contributed by atoms with Gasteiger partial charge in [-0.2, -0.15) is 4.98 Å². The number of hydrogen-bond donors (Lipinski definition) is 0. The van der Waals surface area contributed by atoms with Crippen LogP contribution >= 0.6 is 0 Å². The Morgan fingerprint density at radius 2 is 2.08 bits per heavy atom. The van der Waals surface area contributed by atoms with E-state index in [1.54, 1.807) is 42.2 Å². The first-order chi connectivity index (χ1) is 12.4. The Morgan fingerprint density at radius 1 is 1.31 bits per heavy atom. The first-order valence-corrected chi connectivity index (χ1v) is 10.4. The van der Waals surface area contributed by atoms with E-state index in [9.17, 15) is 13.2 Å². The molecule has 1 aliphatic heterocycles. The largest absolute Gasteiger partial charge is 0.342 e. The summed E-state index contributed by atoms with van der Waals surface area (Å²) >= 11 is 0. The van der Waals surface area contributed by atoms with Crippen molar-refractivity contribution in [3.8, 4) is 0 Å². The van der Waals surface area contributed by atoms with E-state index in [0.717, 1.165) is 19.3 Å². The molecule has 0 N–H and O–H groups in total. The van der Waals surface area contributed by atoms with E-state index in [0.29, 0.717) is 30.7 Å². The van der Waals surface area contributed by atoms with Crippen LogP contribution in [0.25, 0.3) is 0 Å². The maximum absolute atomic E-state index is 12.4. The Balaban J connectivity index is 1.45. The summed E-state index contributed by atoms with van der Waals surface area (Å²) in [5, 5.41) is 3.88. The molecule has 7 nitrogen and oxygen atoms in total. The molecule has 2 heterocycles. The van der Waals surface area contributed by atoms with Crippen LogP contribution in [0.2, 0.25) is 0 Å². The normalized spacial score (nSPS) is 17.6.